The maximum absolute atomic E-state index is 13.3. The monoisotopic (exact) mass is 480 g/mol. The Hall–Kier alpha value is -2.41. The third kappa shape index (κ3) is 4.47. The summed E-state index contributed by atoms with van der Waals surface area (Å²) in [6.45, 7) is 11.1. The number of hydrogen-bond donors (Lipinski definition) is 0. The summed E-state index contributed by atoms with van der Waals surface area (Å²) < 4.78 is 0. The molecule has 2 amide bonds. The number of likely N-dealkylation sites (tertiary alicyclic amines) is 1. The van der Waals surface area contributed by atoms with Gasteiger partial charge in [-0.15, -0.1) is 0 Å². The minimum atomic E-state index is -0.108. The van der Waals surface area contributed by atoms with Crippen LogP contribution in [0.25, 0.3) is 0 Å². The van der Waals surface area contributed by atoms with Gasteiger partial charge in [-0.05, 0) is 56.5 Å². The second-order valence-corrected chi connectivity index (χ2v) is 10.3. The molecule has 0 atom stereocenters. The van der Waals surface area contributed by atoms with Crippen LogP contribution in [-0.2, 0) is 6.54 Å². The second kappa shape index (κ2) is 9.68. The van der Waals surface area contributed by atoms with E-state index in [-0.39, 0.29) is 11.8 Å². The maximum Gasteiger partial charge on any atom is 0.260 e. The lowest BCUT2D eigenvalue weighted by Gasteiger charge is -2.43. The molecule has 34 heavy (non-hydrogen) atoms. The molecule has 3 aliphatic rings. The van der Waals surface area contributed by atoms with Crippen molar-refractivity contribution in [2.45, 2.75) is 45.3 Å². The lowest BCUT2D eigenvalue weighted by Crippen LogP contribution is -2.54. The summed E-state index contributed by atoms with van der Waals surface area (Å²) >= 11 is 6.28. The summed E-state index contributed by atoms with van der Waals surface area (Å²) in [6.07, 6.45) is 2.04. The fourth-order valence-corrected chi connectivity index (χ4v) is 5.84. The predicted octanol–water partition coefficient (Wildman–Crippen LogP) is 4.13. The highest BCUT2D eigenvalue weighted by Gasteiger charge is 2.32. The van der Waals surface area contributed by atoms with Crippen LogP contribution in [0.3, 0.4) is 0 Å². The van der Waals surface area contributed by atoms with Gasteiger partial charge in [0, 0.05) is 62.6 Å². The third-order valence-electron chi connectivity index (χ3n) is 7.64. The molecule has 0 unspecified atom stereocenters. The molecule has 2 aromatic rings. The van der Waals surface area contributed by atoms with Crippen LogP contribution < -0.4 is 4.90 Å². The van der Waals surface area contributed by atoms with Gasteiger partial charge in [-0.3, -0.25) is 19.4 Å². The highest BCUT2D eigenvalue weighted by molar-refractivity contribution is 6.35. The van der Waals surface area contributed by atoms with Crippen LogP contribution >= 0.6 is 11.6 Å². The molecule has 0 aromatic heterocycles. The Morgan fingerprint density at radius 2 is 1.68 bits per heavy atom. The molecule has 0 bridgehead atoms. The zero-order valence-corrected chi connectivity index (χ0v) is 20.8. The van der Waals surface area contributed by atoms with Gasteiger partial charge in [-0.2, -0.15) is 0 Å². The number of benzene rings is 2. The fourth-order valence-electron chi connectivity index (χ4n) is 5.57. The van der Waals surface area contributed by atoms with Crippen molar-refractivity contribution < 1.29 is 9.59 Å². The Morgan fingerprint density at radius 1 is 0.971 bits per heavy atom. The fraction of sp³-hybridized carbons (Fsp3) is 0.481. The number of piperazine rings is 1. The maximum atomic E-state index is 13.3. The molecule has 2 fully saturated rings. The molecule has 0 saturated carbocycles. The van der Waals surface area contributed by atoms with Crippen molar-refractivity contribution in [3.63, 3.8) is 0 Å². The van der Waals surface area contributed by atoms with E-state index in [9.17, 15) is 9.59 Å². The standard InChI is InChI=1S/C27H33ClN4O2/c1-19(2)29-13-15-30(16-14-29)22-9-11-31(12-10-22)26(33)20-5-3-7-23(17-20)32-18-21-6-4-8-24(28)25(21)27(32)34/h3-8,17,19,22H,9-16,18H2,1-2H3. The van der Waals surface area contributed by atoms with Gasteiger partial charge in [0.15, 0.2) is 0 Å². The van der Waals surface area contributed by atoms with Gasteiger partial charge < -0.3 is 9.80 Å². The van der Waals surface area contributed by atoms with Gasteiger partial charge in [-0.25, -0.2) is 0 Å². The number of piperidine rings is 1. The Balaban J connectivity index is 1.21. The molecule has 3 heterocycles. The number of rotatable bonds is 4. The molecular weight excluding hydrogens is 448 g/mol. The van der Waals surface area contributed by atoms with E-state index >= 15 is 0 Å². The molecule has 2 saturated heterocycles. The molecule has 0 spiro atoms. The zero-order valence-electron chi connectivity index (χ0n) is 20.0. The molecule has 0 aliphatic carbocycles. The number of amides is 2. The van der Waals surface area contributed by atoms with Crippen molar-refractivity contribution in [1.82, 2.24) is 14.7 Å². The van der Waals surface area contributed by atoms with Crippen LogP contribution in [0.4, 0.5) is 5.69 Å². The van der Waals surface area contributed by atoms with Gasteiger partial charge in [0.2, 0.25) is 0 Å². The molecule has 3 aliphatic heterocycles. The second-order valence-electron chi connectivity index (χ2n) is 9.90. The number of fused-ring (bicyclic) bond motifs is 1. The number of halogens is 1. The van der Waals surface area contributed by atoms with Gasteiger partial charge >= 0.3 is 0 Å². The molecule has 6 nitrogen and oxygen atoms in total. The van der Waals surface area contributed by atoms with Gasteiger partial charge in [0.25, 0.3) is 11.8 Å². The lowest BCUT2D eigenvalue weighted by molar-refractivity contribution is 0.0420. The van der Waals surface area contributed by atoms with Crippen LogP contribution in [0.15, 0.2) is 42.5 Å². The van der Waals surface area contributed by atoms with E-state index < -0.39 is 0 Å². The minimum absolute atomic E-state index is 0.0483. The van der Waals surface area contributed by atoms with Crippen molar-refractivity contribution in [2.75, 3.05) is 44.2 Å². The number of carbonyl (C=O) groups is 2. The summed E-state index contributed by atoms with van der Waals surface area (Å²) in [7, 11) is 0. The Kier molecular flexibility index (Phi) is 6.65. The number of hydrogen-bond acceptors (Lipinski definition) is 4. The van der Waals surface area contributed by atoms with Gasteiger partial charge in [0.1, 0.15) is 0 Å². The molecule has 0 N–H and O–H groups in total. The molecule has 7 heteroatoms. The van der Waals surface area contributed by atoms with E-state index in [0.717, 1.165) is 63.4 Å². The first-order valence-corrected chi connectivity index (χ1v) is 12.8. The minimum Gasteiger partial charge on any atom is -0.339 e. The van der Waals surface area contributed by atoms with E-state index in [1.807, 2.05) is 41.3 Å². The largest absolute Gasteiger partial charge is 0.339 e. The summed E-state index contributed by atoms with van der Waals surface area (Å²) in [5.41, 5.74) is 2.86. The third-order valence-corrected chi connectivity index (χ3v) is 7.95. The van der Waals surface area contributed by atoms with Crippen LogP contribution in [-0.4, -0.2) is 77.9 Å². The van der Waals surface area contributed by atoms with Crippen molar-refractivity contribution in [3.8, 4) is 0 Å². The van der Waals surface area contributed by atoms with Crippen molar-refractivity contribution in [3.05, 3.63) is 64.2 Å². The first kappa shape index (κ1) is 23.3. The molecule has 5 rings (SSSR count). The predicted molar refractivity (Wildman–Crippen MR) is 136 cm³/mol. The average molecular weight is 481 g/mol. The SMILES string of the molecule is CC(C)N1CCN(C2CCN(C(=O)c3cccc(N4Cc5cccc(Cl)c5C4=O)c3)CC2)CC1. The normalized spacial score (nSPS) is 20.3. The number of carbonyl (C=O) groups excluding carboxylic acids is 2. The van der Waals surface area contributed by atoms with Crippen molar-refractivity contribution in [1.29, 1.82) is 0 Å². The lowest BCUT2D eigenvalue weighted by atomic mass is 10.0. The van der Waals surface area contributed by atoms with Crippen molar-refractivity contribution >= 4 is 29.1 Å². The smallest absolute Gasteiger partial charge is 0.260 e. The number of nitrogens with zero attached hydrogens (tertiary/aromatic N) is 4. The van der Waals surface area contributed by atoms with Crippen molar-refractivity contribution in [2.24, 2.45) is 0 Å². The van der Waals surface area contributed by atoms with Gasteiger partial charge in [0.05, 0.1) is 17.1 Å². The topological polar surface area (TPSA) is 47.1 Å². The van der Waals surface area contributed by atoms with E-state index in [2.05, 4.69) is 23.6 Å². The van der Waals surface area contributed by atoms with Crippen LogP contribution in [0.2, 0.25) is 5.02 Å². The summed E-state index contributed by atoms with van der Waals surface area (Å²) in [5, 5.41) is 0.478. The van der Waals surface area contributed by atoms with Gasteiger partial charge in [-0.1, -0.05) is 29.8 Å². The summed E-state index contributed by atoms with van der Waals surface area (Å²) in [5.74, 6) is -0.0595. The first-order valence-electron chi connectivity index (χ1n) is 12.4. The quantitative estimate of drug-likeness (QED) is 0.660. The number of anilines is 1. The van der Waals surface area contributed by atoms with E-state index in [1.54, 1.807) is 11.0 Å². The van der Waals surface area contributed by atoms with Crippen LogP contribution in [0.1, 0.15) is 53.0 Å². The first-order chi connectivity index (χ1) is 16.4. The molecule has 180 valence electrons. The molecule has 0 radical (unpaired) electrons. The highest BCUT2D eigenvalue weighted by atomic mass is 35.5. The van der Waals surface area contributed by atoms with Crippen LogP contribution in [0.5, 0.6) is 0 Å². The zero-order chi connectivity index (χ0) is 23.8. The molecular formula is C27H33ClN4O2. The van der Waals surface area contributed by atoms with E-state index in [4.69, 9.17) is 11.6 Å². The Morgan fingerprint density at radius 3 is 2.35 bits per heavy atom. The summed E-state index contributed by atoms with van der Waals surface area (Å²) in [4.78, 5) is 35.1. The highest BCUT2D eigenvalue weighted by Crippen LogP contribution is 2.33. The average Bonchev–Trinajstić information content (AvgIpc) is 3.21. The summed E-state index contributed by atoms with van der Waals surface area (Å²) in [6, 6.07) is 14.2. The van der Waals surface area contributed by atoms with E-state index in [0.29, 0.717) is 34.8 Å². The van der Waals surface area contributed by atoms with Crippen LogP contribution in [0, 0.1) is 0 Å². The Labute approximate surface area is 207 Å². The molecule has 2 aromatic carbocycles. The Bertz CT molecular complexity index is 1070. The van der Waals surface area contributed by atoms with E-state index in [1.165, 1.54) is 0 Å².